The third kappa shape index (κ3) is 3.28. The lowest BCUT2D eigenvalue weighted by atomic mass is 9.92. The molecule has 0 spiro atoms. The van der Waals surface area contributed by atoms with Gasteiger partial charge in [-0.15, -0.1) is 11.3 Å². The molecule has 5 heteroatoms. The molecular formula is C13H19BrClNOS. The summed E-state index contributed by atoms with van der Waals surface area (Å²) in [5.74, 6) is 0.540. The van der Waals surface area contributed by atoms with Gasteiger partial charge in [-0.25, -0.2) is 0 Å². The molecule has 1 fully saturated rings. The zero-order valence-electron chi connectivity index (χ0n) is 10.7. The average molecular weight is 353 g/mol. The summed E-state index contributed by atoms with van der Waals surface area (Å²) >= 11 is 11.4. The molecule has 0 radical (unpaired) electrons. The molecule has 1 aromatic rings. The van der Waals surface area contributed by atoms with Crippen molar-refractivity contribution in [1.29, 1.82) is 0 Å². The van der Waals surface area contributed by atoms with Crippen molar-refractivity contribution in [1.82, 2.24) is 5.32 Å². The van der Waals surface area contributed by atoms with Crippen molar-refractivity contribution in [2.75, 3.05) is 13.2 Å². The first-order chi connectivity index (χ1) is 8.63. The number of halogens is 2. The smallest absolute Gasteiger partial charge is 0.0887 e. The monoisotopic (exact) mass is 351 g/mol. The molecule has 0 aliphatic carbocycles. The van der Waals surface area contributed by atoms with Gasteiger partial charge in [0.25, 0.3) is 0 Å². The Bertz CT molecular complexity index is 379. The molecule has 3 unspecified atom stereocenters. The third-order valence-electron chi connectivity index (χ3n) is 3.45. The van der Waals surface area contributed by atoms with Crippen LogP contribution in [-0.2, 0) is 4.74 Å². The molecule has 1 saturated heterocycles. The van der Waals surface area contributed by atoms with Crippen molar-refractivity contribution < 1.29 is 4.74 Å². The first kappa shape index (κ1) is 14.8. The normalized spacial score (nSPS) is 25.6. The van der Waals surface area contributed by atoms with E-state index >= 15 is 0 Å². The van der Waals surface area contributed by atoms with Crippen molar-refractivity contribution in [2.45, 2.75) is 38.8 Å². The molecule has 0 amide bonds. The Morgan fingerprint density at radius 3 is 2.94 bits per heavy atom. The predicted octanol–water partition coefficient (Wildman–Crippen LogP) is 4.63. The summed E-state index contributed by atoms with van der Waals surface area (Å²) in [7, 11) is 0. The molecule has 2 nitrogen and oxygen atoms in total. The van der Waals surface area contributed by atoms with Gasteiger partial charge < -0.3 is 10.1 Å². The van der Waals surface area contributed by atoms with Crippen LogP contribution in [0.25, 0.3) is 0 Å². The summed E-state index contributed by atoms with van der Waals surface area (Å²) in [4.78, 5) is 1.31. The predicted molar refractivity (Wildman–Crippen MR) is 81.6 cm³/mol. The van der Waals surface area contributed by atoms with Gasteiger partial charge in [0, 0.05) is 23.4 Å². The molecule has 18 heavy (non-hydrogen) atoms. The lowest BCUT2D eigenvalue weighted by Gasteiger charge is -2.26. The van der Waals surface area contributed by atoms with Gasteiger partial charge in [-0.3, -0.25) is 0 Å². The highest BCUT2D eigenvalue weighted by Crippen LogP contribution is 2.41. The van der Waals surface area contributed by atoms with Gasteiger partial charge in [-0.2, -0.15) is 0 Å². The van der Waals surface area contributed by atoms with Crippen LogP contribution in [-0.4, -0.2) is 19.3 Å². The summed E-state index contributed by atoms with van der Waals surface area (Å²) in [5.41, 5.74) is 0. The van der Waals surface area contributed by atoms with Crippen molar-refractivity contribution >= 4 is 38.9 Å². The van der Waals surface area contributed by atoms with Gasteiger partial charge in [0.1, 0.15) is 0 Å². The van der Waals surface area contributed by atoms with Crippen LogP contribution >= 0.6 is 38.9 Å². The van der Waals surface area contributed by atoms with E-state index in [1.54, 1.807) is 11.3 Å². The SMILES string of the molecule is CCCNC(c1cc(Cl)c(Br)s1)C1CCOC1C. The minimum Gasteiger partial charge on any atom is -0.378 e. The number of nitrogens with one attached hydrogen (secondary N) is 1. The molecule has 2 heterocycles. The Kier molecular flexibility index (Phi) is 5.51. The second-order valence-electron chi connectivity index (χ2n) is 4.73. The Hall–Kier alpha value is 0.390. The highest BCUT2D eigenvalue weighted by atomic mass is 79.9. The zero-order chi connectivity index (χ0) is 13.1. The maximum absolute atomic E-state index is 6.16. The van der Waals surface area contributed by atoms with E-state index in [1.807, 2.05) is 0 Å². The van der Waals surface area contributed by atoms with E-state index in [0.717, 1.165) is 34.8 Å². The quantitative estimate of drug-likeness (QED) is 0.834. The minimum atomic E-state index is 0.319. The summed E-state index contributed by atoms with van der Waals surface area (Å²) in [6.45, 7) is 6.26. The van der Waals surface area contributed by atoms with E-state index in [0.29, 0.717) is 18.1 Å². The van der Waals surface area contributed by atoms with Crippen LogP contribution in [0.15, 0.2) is 9.85 Å². The number of ether oxygens (including phenoxy) is 1. The fourth-order valence-corrected chi connectivity index (χ4v) is 4.36. The highest BCUT2D eigenvalue weighted by molar-refractivity contribution is 9.11. The van der Waals surface area contributed by atoms with E-state index in [1.165, 1.54) is 4.88 Å². The minimum absolute atomic E-state index is 0.319. The first-order valence-corrected chi connectivity index (χ1v) is 8.42. The molecule has 102 valence electrons. The summed E-state index contributed by atoms with van der Waals surface area (Å²) in [6.07, 6.45) is 2.58. The zero-order valence-corrected chi connectivity index (χ0v) is 13.9. The van der Waals surface area contributed by atoms with Crippen LogP contribution in [0, 0.1) is 5.92 Å². The van der Waals surface area contributed by atoms with E-state index in [-0.39, 0.29) is 0 Å². The molecule has 0 bridgehead atoms. The summed E-state index contributed by atoms with van der Waals surface area (Å²) in [6, 6.07) is 2.44. The maximum Gasteiger partial charge on any atom is 0.0887 e. The molecule has 1 aliphatic heterocycles. The van der Waals surface area contributed by atoms with Crippen molar-refractivity contribution in [3.8, 4) is 0 Å². The molecule has 0 saturated carbocycles. The average Bonchev–Trinajstić information content (AvgIpc) is 2.88. The maximum atomic E-state index is 6.16. The Morgan fingerprint density at radius 1 is 1.67 bits per heavy atom. The number of hydrogen-bond acceptors (Lipinski definition) is 3. The van der Waals surface area contributed by atoms with Crippen LogP contribution in [0.4, 0.5) is 0 Å². The number of thiophene rings is 1. The first-order valence-electron chi connectivity index (χ1n) is 6.43. The topological polar surface area (TPSA) is 21.3 Å². The molecule has 1 aromatic heterocycles. The molecule has 1 aliphatic rings. The Labute approximate surface area is 126 Å². The summed E-state index contributed by atoms with van der Waals surface area (Å²) < 4.78 is 6.73. The third-order valence-corrected chi connectivity index (χ3v) is 6.01. The lowest BCUT2D eigenvalue weighted by molar-refractivity contribution is 0.0957. The van der Waals surface area contributed by atoms with Gasteiger partial charge in [-0.05, 0) is 48.3 Å². The molecule has 3 atom stereocenters. The number of rotatable bonds is 5. The highest BCUT2D eigenvalue weighted by Gasteiger charge is 2.33. The van der Waals surface area contributed by atoms with E-state index < -0.39 is 0 Å². The Morgan fingerprint density at radius 2 is 2.44 bits per heavy atom. The standard InChI is InChI=1S/C13H19BrClNOS/c1-3-5-16-12(9-4-6-17-8(9)2)11-7-10(15)13(14)18-11/h7-9,12,16H,3-6H2,1-2H3. The van der Waals surface area contributed by atoms with Crippen LogP contribution in [0.1, 0.15) is 37.6 Å². The Balaban J connectivity index is 2.18. The van der Waals surface area contributed by atoms with Crippen molar-refractivity contribution in [3.05, 3.63) is 19.8 Å². The van der Waals surface area contributed by atoms with Gasteiger partial charge in [0.15, 0.2) is 0 Å². The lowest BCUT2D eigenvalue weighted by Crippen LogP contribution is -2.31. The largest absolute Gasteiger partial charge is 0.378 e. The fraction of sp³-hybridized carbons (Fsp3) is 0.692. The van der Waals surface area contributed by atoms with Crippen molar-refractivity contribution in [3.63, 3.8) is 0 Å². The van der Waals surface area contributed by atoms with E-state index in [4.69, 9.17) is 16.3 Å². The second-order valence-corrected chi connectivity index (χ2v) is 7.54. The fourth-order valence-electron chi connectivity index (χ4n) is 2.47. The van der Waals surface area contributed by atoms with Gasteiger partial charge in [0.05, 0.1) is 14.9 Å². The van der Waals surface area contributed by atoms with Crippen LogP contribution in [0.3, 0.4) is 0 Å². The van der Waals surface area contributed by atoms with Gasteiger partial charge >= 0.3 is 0 Å². The molecular weight excluding hydrogens is 334 g/mol. The van der Waals surface area contributed by atoms with Gasteiger partial charge in [-0.1, -0.05) is 18.5 Å². The number of hydrogen-bond donors (Lipinski definition) is 1. The van der Waals surface area contributed by atoms with Crippen molar-refractivity contribution in [2.24, 2.45) is 5.92 Å². The van der Waals surface area contributed by atoms with Gasteiger partial charge in [0.2, 0.25) is 0 Å². The summed E-state index contributed by atoms with van der Waals surface area (Å²) in [5, 5.41) is 4.46. The van der Waals surface area contributed by atoms with E-state index in [2.05, 4.69) is 41.2 Å². The van der Waals surface area contributed by atoms with Crippen LogP contribution < -0.4 is 5.32 Å². The van der Waals surface area contributed by atoms with Crippen LogP contribution in [0.5, 0.6) is 0 Å². The second kappa shape index (κ2) is 6.71. The van der Waals surface area contributed by atoms with Crippen LogP contribution in [0.2, 0.25) is 5.02 Å². The molecule has 2 rings (SSSR count). The molecule has 0 aromatic carbocycles. The molecule has 1 N–H and O–H groups in total. The van der Waals surface area contributed by atoms with E-state index in [9.17, 15) is 0 Å².